The predicted molar refractivity (Wildman–Crippen MR) is 135 cm³/mol. The van der Waals surface area contributed by atoms with E-state index in [4.69, 9.17) is 17.3 Å². The number of anilines is 1. The summed E-state index contributed by atoms with van der Waals surface area (Å²) in [4.78, 5) is 16.4. The molecule has 6 N–H and O–H groups in total. The van der Waals surface area contributed by atoms with E-state index < -0.39 is 6.10 Å². The second kappa shape index (κ2) is 11.3. The molecule has 0 aliphatic rings. The molecule has 0 bridgehead atoms. The lowest BCUT2D eigenvalue weighted by atomic mass is 9.93. The van der Waals surface area contributed by atoms with Crippen LogP contribution in [0.1, 0.15) is 42.2 Å². The molecular formula is C26H31ClN4O3. The van der Waals surface area contributed by atoms with Gasteiger partial charge >= 0.3 is 0 Å². The van der Waals surface area contributed by atoms with E-state index in [0.29, 0.717) is 22.9 Å². The van der Waals surface area contributed by atoms with Crippen molar-refractivity contribution in [1.82, 2.24) is 15.6 Å². The van der Waals surface area contributed by atoms with Crippen LogP contribution in [0.25, 0.3) is 0 Å². The lowest BCUT2D eigenvalue weighted by Gasteiger charge is -2.28. The van der Waals surface area contributed by atoms with Gasteiger partial charge in [-0.05, 0) is 61.2 Å². The highest BCUT2D eigenvalue weighted by Crippen LogP contribution is 2.20. The van der Waals surface area contributed by atoms with Crippen molar-refractivity contribution in [3.63, 3.8) is 0 Å². The zero-order valence-corrected chi connectivity index (χ0v) is 20.1. The SMILES string of the molecule is CC(C)(Cc1cccc(CC(=O)NCc2cc(O)cc(Cl)c2)c1)NC[C@H](O)c1ccc(N)nc1. The first kappa shape index (κ1) is 25.5. The number of nitrogens with zero attached hydrogens (tertiary/aromatic N) is 1. The maximum absolute atomic E-state index is 12.4. The molecule has 0 unspecified atom stereocenters. The Hall–Kier alpha value is -3.13. The number of hydrogen-bond acceptors (Lipinski definition) is 6. The molecule has 1 aromatic heterocycles. The second-order valence-electron chi connectivity index (χ2n) is 9.06. The Morgan fingerprint density at radius 3 is 2.59 bits per heavy atom. The summed E-state index contributed by atoms with van der Waals surface area (Å²) in [6.45, 7) is 4.80. The van der Waals surface area contributed by atoms with Gasteiger partial charge in [-0.1, -0.05) is 41.9 Å². The van der Waals surface area contributed by atoms with E-state index in [9.17, 15) is 15.0 Å². The summed E-state index contributed by atoms with van der Waals surface area (Å²) in [6.07, 6.45) is 1.86. The monoisotopic (exact) mass is 482 g/mol. The highest BCUT2D eigenvalue weighted by Gasteiger charge is 2.20. The van der Waals surface area contributed by atoms with Crippen LogP contribution in [0.3, 0.4) is 0 Å². The van der Waals surface area contributed by atoms with Gasteiger partial charge in [0.15, 0.2) is 0 Å². The Morgan fingerprint density at radius 2 is 1.88 bits per heavy atom. The third-order valence-electron chi connectivity index (χ3n) is 5.40. The van der Waals surface area contributed by atoms with E-state index in [0.717, 1.165) is 23.1 Å². The largest absolute Gasteiger partial charge is 0.508 e. The number of pyridine rings is 1. The Kier molecular flexibility index (Phi) is 8.50. The second-order valence-corrected chi connectivity index (χ2v) is 9.50. The number of phenols is 1. The molecule has 0 saturated heterocycles. The fraction of sp³-hybridized carbons (Fsp3) is 0.308. The van der Waals surface area contributed by atoms with Gasteiger partial charge in [0.05, 0.1) is 12.5 Å². The van der Waals surface area contributed by atoms with Gasteiger partial charge in [0, 0.05) is 35.4 Å². The van der Waals surface area contributed by atoms with E-state index in [1.807, 2.05) is 24.3 Å². The number of aromatic hydroxyl groups is 1. The summed E-state index contributed by atoms with van der Waals surface area (Å²) in [5, 5.41) is 26.8. The zero-order chi connectivity index (χ0) is 24.7. The molecule has 1 atom stereocenters. The molecule has 0 fully saturated rings. The number of aliphatic hydroxyl groups excluding tert-OH is 1. The van der Waals surface area contributed by atoms with E-state index in [1.165, 1.54) is 6.07 Å². The summed E-state index contributed by atoms with van der Waals surface area (Å²) in [6, 6.07) is 16.1. The van der Waals surface area contributed by atoms with Gasteiger partial charge in [-0.3, -0.25) is 4.79 Å². The van der Waals surface area contributed by atoms with Crippen LogP contribution in [-0.4, -0.2) is 33.2 Å². The minimum absolute atomic E-state index is 0.0679. The number of benzene rings is 2. The van der Waals surface area contributed by atoms with Crippen molar-refractivity contribution in [3.8, 4) is 5.75 Å². The number of nitrogens with two attached hydrogens (primary N) is 1. The van der Waals surface area contributed by atoms with Crippen molar-refractivity contribution in [2.45, 2.75) is 44.9 Å². The number of phenolic OH excluding ortho intramolecular Hbond substituents is 1. The maximum atomic E-state index is 12.4. The number of aromatic nitrogens is 1. The predicted octanol–water partition coefficient (Wildman–Crippen LogP) is 3.53. The number of halogens is 1. The van der Waals surface area contributed by atoms with E-state index in [2.05, 4.69) is 29.5 Å². The molecule has 3 rings (SSSR count). The molecule has 7 nitrogen and oxygen atoms in total. The van der Waals surface area contributed by atoms with Crippen molar-refractivity contribution < 1.29 is 15.0 Å². The quantitative estimate of drug-likeness (QED) is 0.301. The number of β-amino-alcohol motifs (C(OH)–C–C–N with tert-alkyl or cyclic N) is 1. The lowest BCUT2D eigenvalue weighted by molar-refractivity contribution is -0.120. The molecule has 34 heavy (non-hydrogen) atoms. The lowest BCUT2D eigenvalue weighted by Crippen LogP contribution is -2.43. The van der Waals surface area contributed by atoms with Crippen LogP contribution in [-0.2, 0) is 24.2 Å². The molecule has 3 aromatic rings. The minimum Gasteiger partial charge on any atom is -0.508 e. The van der Waals surface area contributed by atoms with Crippen LogP contribution in [0.4, 0.5) is 5.82 Å². The molecule has 0 radical (unpaired) electrons. The molecule has 180 valence electrons. The topological polar surface area (TPSA) is 120 Å². The van der Waals surface area contributed by atoms with Crippen molar-refractivity contribution in [1.29, 1.82) is 0 Å². The number of hydrogen-bond donors (Lipinski definition) is 5. The highest BCUT2D eigenvalue weighted by molar-refractivity contribution is 6.30. The van der Waals surface area contributed by atoms with Crippen LogP contribution < -0.4 is 16.4 Å². The minimum atomic E-state index is -0.691. The van der Waals surface area contributed by atoms with Crippen LogP contribution in [0, 0.1) is 0 Å². The molecular weight excluding hydrogens is 452 g/mol. The number of aliphatic hydroxyl groups is 1. The Bertz CT molecular complexity index is 1100. The summed E-state index contributed by atoms with van der Waals surface area (Å²) in [5.74, 6) is 0.370. The van der Waals surface area contributed by atoms with Crippen molar-refractivity contribution in [2.75, 3.05) is 12.3 Å². The van der Waals surface area contributed by atoms with Gasteiger partial charge in [-0.25, -0.2) is 4.98 Å². The van der Waals surface area contributed by atoms with Crippen molar-refractivity contribution in [2.24, 2.45) is 0 Å². The maximum Gasteiger partial charge on any atom is 0.224 e. The first-order chi connectivity index (χ1) is 16.1. The van der Waals surface area contributed by atoms with E-state index >= 15 is 0 Å². The van der Waals surface area contributed by atoms with E-state index in [1.54, 1.807) is 30.5 Å². The van der Waals surface area contributed by atoms with Gasteiger partial charge in [0.1, 0.15) is 11.6 Å². The third kappa shape index (κ3) is 8.02. The van der Waals surface area contributed by atoms with Crippen LogP contribution in [0.5, 0.6) is 5.75 Å². The van der Waals surface area contributed by atoms with Gasteiger partial charge in [-0.2, -0.15) is 0 Å². The van der Waals surface area contributed by atoms with Gasteiger partial charge in [-0.15, -0.1) is 0 Å². The molecule has 0 aliphatic carbocycles. The van der Waals surface area contributed by atoms with Crippen LogP contribution >= 0.6 is 11.6 Å². The number of nitrogens with one attached hydrogen (secondary N) is 2. The van der Waals surface area contributed by atoms with Crippen molar-refractivity contribution >= 4 is 23.3 Å². The standard InChI is InChI=1S/C26H31ClN4O3/c1-26(2,31-16-23(33)20-6-7-24(28)29-15-20)13-18-5-3-4-17(8-18)11-25(34)30-14-19-9-21(27)12-22(32)10-19/h3-10,12,15,23,31-33H,11,13-14,16H2,1-2H3,(H2,28,29)(H,30,34)/t23-/m0/s1. The molecule has 2 aromatic carbocycles. The number of rotatable bonds is 10. The average Bonchev–Trinajstić information content (AvgIpc) is 2.76. The molecule has 8 heteroatoms. The number of carbonyl (C=O) groups is 1. The smallest absolute Gasteiger partial charge is 0.224 e. The Morgan fingerprint density at radius 1 is 1.12 bits per heavy atom. The van der Waals surface area contributed by atoms with Gasteiger partial charge in [0.25, 0.3) is 0 Å². The summed E-state index contributed by atoms with van der Waals surface area (Å²) < 4.78 is 0. The van der Waals surface area contributed by atoms with Crippen LogP contribution in [0.15, 0.2) is 60.8 Å². The average molecular weight is 483 g/mol. The summed E-state index contributed by atoms with van der Waals surface area (Å²) in [7, 11) is 0. The third-order valence-corrected chi connectivity index (χ3v) is 5.62. The molecule has 1 heterocycles. The first-order valence-corrected chi connectivity index (χ1v) is 11.4. The summed E-state index contributed by atoms with van der Waals surface area (Å²) >= 11 is 5.94. The normalized spacial score (nSPS) is 12.4. The molecule has 0 spiro atoms. The van der Waals surface area contributed by atoms with Crippen molar-refractivity contribution in [3.05, 3.63) is 88.1 Å². The van der Waals surface area contributed by atoms with Crippen LogP contribution in [0.2, 0.25) is 5.02 Å². The highest BCUT2D eigenvalue weighted by atomic mass is 35.5. The number of nitrogen functional groups attached to an aromatic ring is 1. The fourth-order valence-electron chi connectivity index (χ4n) is 3.71. The van der Waals surface area contributed by atoms with Gasteiger partial charge < -0.3 is 26.6 Å². The number of amides is 1. The summed E-state index contributed by atoms with van der Waals surface area (Å²) in [5.41, 5.74) is 8.76. The Balaban J connectivity index is 1.52. The van der Waals surface area contributed by atoms with Gasteiger partial charge in [0.2, 0.25) is 5.91 Å². The molecule has 1 amide bonds. The first-order valence-electron chi connectivity index (χ1n) is 11.1. The fourth-order valence-corrected chi connectivity index (χ4v) is 3.96. The molecule has 0 aliphatic heterocycles. The van der Waals surface area contributed by atoms with E-state index in [-0.39, 0.29) is 30.2 Å². The Labute approximate surface area is 205 Å². The molecule has 0 saturated carbocycles. The zero-order valence-electron chi connectivity index (χ0n) is 19.4. The number of carbonyl (C=O) groups excluding carboxylic acids is 1.